The van der Waals surface area contributed by atoms with Gasteiger partial charge in [0, 0.05) is 5.02 Å². The van der Waals surface area contributed by atoms with Crippen molar-refractivity contribution in [2.45, 2.75) is 27.2 Å². The van der Waals surface area contributed by atoms with Gasteiger partial charge in [-0.2, -0.15) is 0 Å². The lowest BCUT2D eigenvalue weighted by molar-refractivity contribution is 1.10. The average Bonchev–Trinajstić information content (AvgIpc) is 1.99. The first kappa shape index (κ1) is 8.61. The molecule has 0 aliphatic carbocycles. The van der Waals surface area contributed by atoms with Gasteiger partial charge >= 0.3 is 0 Å². The molecule has 0 heterocycles. The van der Waals surface area contributed by atoms with Crippen LogP contribution in [0, 0.1) is 13.8 Å². The van der Waals surface area contributed by atoms with Gasteiger partial charge in [0.15, 0.2) is 0 Å². The maximum absolute atomic E-state index is 6.10. The Morgan fingerprint density at radius 1 is 1.18 bits per heavy atom. The molecule has 1 heteroatoms. The largest absolute Gasteiger partial charge is 0.0837 e. The second-order valence-electron chi connectivity index (χ2n) is 2.85. The third-order valence-corrected chi connectivity index (χ3v) is 2.55. The van der Waals surface area contributed by atoms with Gasteiger partial charge in [-0.05, 0) is 37.0 Å². The van der Waals surface area contributed by atoms with Gasteiger partial charge in [-0.1, -0.05) is 30.7 Å². The van der Waals surface area contributed by atoms with Crippen LogP contribution in [-0.2, 0) is 6.42 Å². The SMILES string of the molecule is CCc1c(C)ccc(C)c1Cl. The van der Waals surface area contributed by atoms with Crippen molar-refractivity contribution >= 4 is 11.6 Å². The topological polar surface area (TPSA) is 0 Å². The fourth-order valence-electron chi connectivity index (χ4n) is 1.27. The lowest BCUT2D eigenvalue weighted by atomic mass is 10.0. The average molecular weight is 169 g/mol. The van der Waals surface area contributed by atoms with Gasteiger partial charge in [0.05, 0.1) is 0 Å². The van der Waals surface area contributed by atoms with Crippen LogP contribution in [0.5, 0.6) is 0 Å². The van der Waals surface area contributed by atoms with Crippen molar-refractivity contribution < 1.29 is 0 Å². The summed E-state index contributed by atoms with van der Waals surface area (Å²) in [5.74, 6) is 0. The first-order valence-electron chi connectivity index (χ1n) is 3.91. The quantitative estimate of drug-likeness (QED) is 0.602. The molecule has 0 aliphatic rings. The van der Waals surface area contributed by atoms with E-state index >= 15 is 0 Å². The fourth-order valence-corrected chi connectivity index (χ4v) is 1.61. The molecule has 0 fully saturated rings. The Morgan fingerprint density at radius 3 is 2.18 bits per heavy atom. The first-order valence-corrected chi connectivity index (χ1v) is 4.29. The standard InChI is InChI=1S/C10H13Cl/c1-4-9-7(2)5-6-8(3)10(9)11/h5-6H,4H2,1-3H3. The molecule has 0 atom stereocenters. The van der Waals surface area contributed by atoms with E-state index in [9.17, 15) is 0 Å². The third-order valence-electron chi connectivity index (χ3n) is 2.02. The zero-order valence-electron chi connectivity index (χ0n) is 7.24. The Kier molecular flexibility index (Phi) is 2.56. The van der Waals surface area contributed by atoms with E-state index in [2.05, 4.69) is 26.0 Å². The molecule has 0 spiro atoms. The van der Waals surface area contributed by atoms with Gasteiger partial charge < -0.3 is 0 Å². The highest BCUT2D eigenvalue weighted by Crippen LogP contribution is 2.23. The van der Waals surface area contributed by atoms with Gasteiger partial charge in [0.2, 0.25) is 0 Å². The van der Waals surface area contributed by atoms with Crippen LogP contribution in [-0.4, -0.2) is 0 Å². The van der Waals surface area contributed by atoms with Crippen molar-refractivity contribution in [1.29, 1.82) is 0 Å². The van der Waals surface area contributed by atoms with E-state index in [-0.39, 0.29) is 0 Å². The normalized spacial score (nSPS) is 10.2. The second-order valence-corrected chi connectivity index (χ2v) is 3.22. The fraction of sp³-hybridized carbons (Fsp3) is 0.400. The van der Waals surface area contributed by atoms with E-state index in [4.69, 9.17) is 11.6 Å². The van der Waals surface area contributed by atoms with Gasteiger partial charge in [-0.25, -0.2) is 0 Å². The van der Waals surface area contributed by atoms with Crippen molar-refractivity contribution in [2.24, 2.45) is 0 Å². The number of rotatable bonds is 1. The minimum atomic E-state index is 0.938. The van der Waals surface area contributed by atoms with Gasteiger partial charge in [0.25, 0.3) is 0 Å². The molecule has 0 unspecified atom stereocenters. The van der Waals surface area contributed by atoms with Crippen molar-refractivity contribution in [3.63, 3.8) is 0 Å². The van der Waals surface area contributed by atoms with Crippen LogP contribution >= 0.6 is 11.6 Å². The molecular weight excluding hydrogens is 156 g/mol. The predicted octanol–water partition coefficient (Wildman–Crippen LogP) is 3.52. The van der Waals surface area contributed by atoms with Crippen molar-refractivity contribution in [3.8, 4) is 0 Å². The summed E-state index contributed by atoms with van der Waals surface area (Å²) in [6.45, 7) is 6.28. The number of halogens is 1. The van der Waals surface area contributed by atoms with Crippen LogP contribution in [0.2, 0.25) is 5.02 Å². The lowest BCUT2D eigenvalue weighted by Crippen LogP contribution is -1.89. The molecule has 0 aromatic heterocycles. The van der Waals surface area contributed by atoms with Crippen LogP contribution in [0.3, 0.4) is 0 Å². The van der Waals surface area contributed by atoms with E-state index in [1.165, 1.54) is 16.7 Å². The van der Waals surface area contributed by atoms with Crippen LogP contribution < -0.4 is 0 Å². The highest BCUT2D eigenvalue weighted by Gasteiger charge is 2.03. The lowest BCUT2D eigenvalue weighted by Gasteiger charge is -2.07. The summed E-state index contributed by atoms with van der Waals surface area (Å²) in [6.07, 6.45) is 1.02. The highest BCUT2D eigenvalue weighted by atomic mass is 35.5. The van der Waals surface area contributed by atoms with Crippen LogP contribution in [0.4, 0.5) is 0 Å². The molecule has 0 amide bonds. The molecule has 0 saturated heterocycles. The third kappa shape index (κ3) is 1.57. The molecule has 0 saturated carbocycles. The molecule has 0 radical (unpaired) electrons. The Hall–Kier alpha value is -0.490. The van der Waals surface area contributed by atoms with Crippen molar-refractivity contribution in [3.05, 3.63) is 33.8 Å². The van der Waals surface area contributed by atoms with Crippen LogP contribution in [0.15, 0.2) is 12.1 Å². The molecule has 11 heavy (non-hydrogen) atoms. The zero-order chi connectivity index (χ0) is 8.43. The molecule has 0 N–H and O–H groups in total. The number of aryl methyl sites for hydroxylation is 2. The van der Waals surface area contributed by atoms with E-state index in [0.29, 0.717) is 0 Å². The Bertz CT molecular complexity index is 264. The summed E-state index contributed by atoms with van der Waals surface area (Å²) in [5.41, 5.74) is 3.75. The highest BCUT2D eigenvalue weighted by molar-refractivity contribution is 6.32. The molecule has 0 aliphatic heterocycles. The molecule has 0 bridgehead atoms. The molecule has 1 aromatic carbocycles. The monoisotopic (exact) mass is 168 g/mol. The van der Waals surface area contributed by atoms with E-state index in [1.54, 1.807) is 0 Å². The molecule has 1 aromatic rings. The first-order chi connectivity index (χ1) is 5.16. The summed E-state index contributed by atoms with van der Waals surface area (Å²) < 4.78 is 0. The summed E-state index contributed by atoms with van der Waals surface area (Å²) >= 11 is 6.10. The van der Waals surface area contributed by atoms with Gasteiger partial charge in [-0.3, -0.25) is 0 Å². The van der Waals surface area contributed by atoms with Crippen LogP contribution in [0.25, 0.3) is 0 Å². The Morgan fingerprint density at radius 2 is 1.73 bits per heavy atom. The number of hydrogen-bond acceptors (Lipinski definition) is 0. The maximum Gasteiger partial charge on any atom is 0.0469 e. The maximum atomic E-state index is 6.10. The molecular formula is C10H13Cl. The van der Waals surface area contributed by atoms with Crippen molar-refractivity contribution in [1.82, 2.24) is 0 Å². The van der Waals surface area contributed by atoms with Crippen LogP contribution in [0.1, 0.15) is 23.6 Å². The second kappa shape index (κ2) is 3.27. The molecule has 0 nitrogen and oxygen atoms in total. The number of hydrogen-bond donors (Lipinski definition) is 0. The summed E-state index contributed by atoms with van der Waals surface area (Å²) in [6, 6.07) is 4.19. The Balaban J connectivity index is 3.29. The summed E-state index contributed by atoms with van der Waals surface area (Å²) in [4.78, 5) is 0. The van der Waals surface area contributed by atoms with E-state index in [0.717, 1.165) is 11.4 Å². The summed E-state index contributed by atoms with van der Waals surface area (Å²) in [5, 5.41) is 0.938. The minimum Gasteiger partial charge on any atom is -0.0837 e. The van der Waals surface area contributed by atoms with Crippen molar-refractivity contribution in [2.75, 3.05) is 0 Å². The zero-order valence-corrected chi connectivity index (χ0v) is 8.00. The Labute approximate surface area is 73.2 Å². The van der Waals surface area contributed by atoms with E-state index in [1.807, 2.05) is 6.92 Å². The van der Waals surface area contributed by atoms with E-state index < -0.39 is 0 Å². The number of benzene rings is 1. The molecule has 1 rings (SSSR count). The minimum absolute atomic E-state index is 0.938. The summed E-state index contributed by atoms with van der Waals surface area (Å²) in [7, 11) is 0. The smallest absolute Gasteiger partial charge is 0.0469 e. The van der Waals surface area contributed by atoms with Gasteiger partial charge in [0.1, 0.15) is 0 Å². The van der Waals surface area contributed by atoms with Gasteiger partial charge in [-0.15, -0.1) is 0 Å². The molecule has 60 valence electrons. The predicted molar refractivity (Wildman–Crippen MR) is 50.3 cm³/mol.